The van der Waals surface area contributed by atoms with Gasteiger partial charge in [0.1, 0.15) is 5.82 Å². The van der Waals surface area contributed by atoms with Crippen LogP contribution < -0.4 is 5.32 Å². The summed E-state index contributed by atoms with van der Waals surface area (Å²) in [6.45, 7) is 2.02. The van der Waals surface area contributed by atoms with Gasteiger partial charge >= 0.3 is 0 Å². The van der Waals surface area contributed by atoms with E-state index in [9.17, 15) is 14.0 Å². The van der Waals surface area contributed by atoms with Crippen molar-refractivity contribution < 1.29 is 18.7 Å². The number of ether oxygens (including phenoxy) is 1. The molecule has 1 saturated heterocycles. The molecule has 1 aliphatic heterocycles. The maximum atomic E-state index is 13.6. The van der Waals surface area contributed by atoms with Crippen LogP contribution in [0.25, 0.3) is 0 Å². The summed E-state index contributed by atoms with van der Waals surface area (Å²) in [4.78, 5) is 26.9. The second kappa shape index (κ2) is 7.95. The van der Waals surface area contributed by atoms with E-state index in [1.165, 1.54) is 12.1 Å². The van der Waals surface area contributed by atoms with Gasteiger partial charge < -0.3 is 15.0 Å². The fourth-order valence-electron chi connectivity index (χ4n) is 3.47. The number of carbonyl (C=O) groups is 2. The molecule has 2 amide bonds. The topological polar surface area (TPSA) is 58.6 Å². The lowest BCUT2D eigenvalue weighted by atomic mass is 9.88. The second-order valence-corrected chi connectivity index (χ2v) is 6.92. The smallest absolute Gasteiger partial charge is 0.225 e. The van der Waals surface area contributed by atoms with E-state index in [-0.39, 0.29) is 35.4 Å². The van der Waals surface area contributed by atoms with Crippen LogP contribution in [0.4, 0.5) is 4.39 Å². The van der Waals surface area contributed by atoms with Crippen LogP contribution in [-0.2, 0) is 14.3 Å². The van der Waals surface area contributed by atoms with Crippen molar-refractivity contribution in [2.45, 2.75) is 25.2 Å². The minimum Gasteiger partial charge on any atom is -0.385 e. The Morgan fingerprint density at radius 1 is 1.32 bits per heavy atom. The molecule has 2 unspecified atom stereocenters. The van der Waals surface area contributed by atoms with Gasteiger partial charge in [-0.2, -0.15) is 0 Å². The summed E-state index contributed by atoms with van der Waals surface area (Å²) in [5.41, 5.74) is 0.781. The maximum Gasteiger partial charge on any atom is 0.225 e. The lowest BCUT2D eigenvalue weighted by Gasteiger charge is -2.18. The average molecular weight is 348 g/mol. The molecule has 1 aromatic carbocycles. The SMILES string of the molecule is COCCCNC(=O)C1CN(C(=O)C2CC2)CC1c1cccc(F)c1. The fraction of sp³-hybridized carbons (Fsp3) is 0.579. The van der Waals surface area contributed by atoms with Crippen molar-refractivity contribution in [2.24, 2.45) is 11.8 Å². The molecule has 3 rings (SSSR count). The Hall–Kier alpha value is -1.95. The quantitative estimate of drug-likeness (QED) is 0.766. The lowest BCUT2D eigenvalue weighted by molar-refractivity contribution is -0.132. The number of likely N-dealkylation sites (tertiary alicyclic amines) is 1. The van der Waals surface area contributed by atoms with E-state index in [2.05, 4.69) is 5.32 Å². The van der Waals surface area contributed by atoms with Gasteiger partial charge in [-0.1, -0.05) is 12.1 Å². The van der Waals surface area contributed by atoms with E-state index in [1.807, 2.05) is 6.07 Å². The van der Waals surface area contributed by atoms with Crippen LogP contribution in [0.5, 0.6) is 0 Å². The first-order valence-electron chi connectivity index (χ1n) is 8.91. The molecule has 136 valence electrons. The first-order valence-corrected chi connectivity index (χ1v) is 8.91. The van der Waals surface area contributed by atoms with E-state index in [4.69, 9.17) is 4.74 Å². The van der Waals surface area contributed by atoms with Crippen LogP contribution in [-0.4, -0.2) is 50.1 Å². The molecule has 6 heteroatoms. The predicted octanol–water partition coefficient (Wildman–Crippen LogP) is 1.93. The summed E-state index contributed by atoms with van der Waals surface area (Å²) in [7, 11) is 1.63. The lowest BCUT2D eigenvalue weighted by Crippen LogP contribution is -2.36. The van der Waals surface area contributed by atoms with Gasteiger partial charge in [-0.3, -0.25) is 9.59 Å². The zero-order chi connectivity index (χ0) is 17.8. The molecule has 1 heterocycles. The van der Waals surface area contributed by atoms with Gasteiger partial charge in [0.25, 0.3) is 0 Å². The number of benzene rings is 1. The second-order valence-electron chi connectivity index (χ2n) is 6.92. The summed E-state index contributed by atoms with van der Waals surface area (Å²) in [6, 6.07) is 6.36. The Bertz CT molecular complexity index is 633. The highest BCUT2D eigenvalue weighted by atomic mass is 19.1. The Morgan fingerprint density at radius 2 is 2.12 bits per heavy atom. The predicted molar refractivity (Wildman–Crippen MR) is 91.4 cm³/mol. The molecule has 1 saturated carbocycles. The van der Waals surface area contributed by atoms with E-state index < -0.39 is 0 Å². The summed E-state index contributed by atoms with van der Waals surface area (Å²) in [6.07, 6.45) is 2.62. The maximum absolute atomic E-state index is 13.6. The molecule has 1 aromatic rings. The van der Waals surface area contributed by atoms with Crippen LogP contribution in [0.3, 0.4) is 0 Å². The Kier molecular flexibility index (Phi) is 5.68. The van der Waals surface area contributed by atoms with Gasteiger partial charge in [-0.15, -0.1) is 0 Å². The zero-order valence-electron chi connectivity index (χ0n) is 14.5. The zero-order valence-corrected chi connectivity index (χ0v) is 14.5. The molecular formula is C19H25FN2O3. The molecule has 0 aromatic heterocycles. The van der Waals surface area contributed by atoms with Gasteiger partial charge in [-0.25, -0.2) is 4.39 Å². The van der Waals surface area contributed by atoms with Crippen molar-refractivity contribution in [1.82, 2.24) is 10.2 Å². The summed E-state index contributed by atoms with van der Waals surface area (Å²) in [5, 5.41) is 2.93. The third kappa shape index (κ3) is 4.37. The number of methoxy groups -OCH3 is 1. The highest BCUT2D eigenvalue weighted by Gasteiger charge is 2.43. The molecular weight excluding hydrogens is 323 g/mol. The van der Waals surface area contributed by atoms with Crippen LogP contribution in [0.15, 0.2) is 24.3 Å². The van der Waals surface area contributed by atoms with E-state index in [0.29, 0.717) is 26.2 Å². The van der Waals surface area contributed by atoms with Crippen molar-refractivity contribution in [3.63, 3.8) is 0 Å². The van der Waals surface area contributed by atoms with Gasteiger partial charge in [0.05, 0.1) is 5.92 Å². The van der Waals surface area contributed by atoms with Gasteiger partial charge in [-0.05, 0) is 37.0 Å². The number of amides is 2. The standard InChI is InChI=1S/C19H25FN2O3/c1-25-9-3-8-21-18(23)17-12-22(19(24)13-6-7-13)11-16(17)14-4-2-5-15(20)10-14/h2,4-5,10,13,16-17H,3,6-9,11-12H2,1H3,(H,21,23). The van der Waals surface area contributed by atoms with Crippen molar-refractivity contribution in [3.05, 3.63) is 35.6 Å². The molecule has 0 radical (unpaired) electrons. The number of rotatable bonds is 7. The van der Waals surface area contributed by atoms with Gasteiger partial charge in [0.15, 0.2) is 0 Å². The first kappa shape index (κ1) is 17.9. The molecule has 2 atom stereocenters. The monoisotopic (exact) mass is 348 g/mol. The molecule has 0 spiro atoms. The van der Waals surface area contributed by atoms with Crippen molar-refractivity contribution in [2.75, 3.05) is 33.4 Å². The third-order valence-corrected chi connectivity index (χ3v) is 5.00. The summed E-state index contributed by atoms with van der Waals surface area (Å²) >= 11 is 0. The van der Waals surface area contributed by atoms with Gasteiger partial charge in [0.2, 0.25) is 11.8 Å². The molecule has 25 heavy (non-hydrogen) atoms. The van der Waals surface area contributed by atoms with Crippen molar-refractivity contribution in [3.8, 4) is 0 Å². The fourth-order valence-corrected chi connectivity index (χ4v) is 3.47. The highest BCUT2D eigenvalue weighted by Crippen LogP contribution is 2.38. The number of hydrogen-bond acceptors (Lipinski definition) is 3. The molecule has 1 aliphatic carbocycles. The minimum atomic E-state index is -0.341. The average Bonchev–Trinajstić information content (AvgIpc) is 3.36. The molecule has 5 nitrogen and oxygen atoms in total. The van der Waals surface area contributed by atoms with E-state index in [1.54, 1.807) is 18.1 Å². The Morgan fingerprint density at radius 3 is 2.80 bits per heavy atom. The Balaban J connectivity index is 1.71. The summed E-state index contributed by atoms with van der Waals surface area (Å²) < 4.78 is 18.6. The highest BCUT2D eigenvalue weighted by molar-refractivity contribution is 5.85. The van der Waals surface area contributed by atoms with Crippen molar-refractivity contribution in [1.29, 1.82) is 0 Å². The number of hydrogen-bond donors (Lipinski definition) is 1. The third-order valence-electron chi connectivity index (χ3n) is 5.00. The first-order chi connectivity index (χ1) is 12.1. The number of nitrogens with one attached hydrogen (secondary N) is 1. The summed E-state index contributed by atoms with van der Waals surface area (Å²) in [5.74, 6) is -0.638. The normalized spacial score (nSPS) is 22.9. The molecule has 2 aliphatic rings. The van der Waals surface area contributed by atoms with E-state index in [0.717, 1.165) is 24.8 Å². The molecule has 1 N–H and O–H groups in total. The number of halogens is 1. The van der Waals surface area contributed by atoms with Crippen LogP contribution in [0.1, 0.15) is 30.7 Å². The van der Waals surface area contributed by atoms with E-state index >= 15 is 0 Å². The molecule has 2 fully saturated rings. The number of nitrogens with zero attached hydrogens (tertiary/aromatic N) is 1. The van der Waals surface area contributed by atoms with Gasteiger partial charge in [0, 0.05) is 45.2 Å². The van der Waals surface area contributed by atoms with Crippen LogP contribution in [0, 0.1) is 17.7 Å². The molecule has 0 bridgehead atoms. The van der Waals surface area contributed by atoms with Crippen LogP contribution >= 0.6 is 0 Å². The number of carbonyl (C=O) groups excluding carboxylic acids is 2. The van der Waals surface area contributed by atoms with Crippen molar-refractivity contribution >= 4 is 11.8 Å². The van der Waals surface area contributed by atoms with Crippen LogP contribution in [0.2, 0.25) is 0 Å². The minimum absolute atomic E-state index is 0.0727. The largest absolute Gasteiger partial charge is 0.385 e. The Labute approximate surface area is 147 Å².